The molecule has 0 aromatic rings. The van der Waals surface area contributed by atoms with Gasteiger partial charge in [-0.25, -0.2) is 0 Å². The van der Waals surface area contributed by atoms with Crippen LogP contribution in [0.5, 0.6) is 0 Å². The molecule has 234 valence electrons. The van der Waals surface area contributed by atoms with Gasteiger partial charge in [-0.1, -0.05) is 95.9 Å². The Morgan fingerprint density at radius 3 is 2.10 bits per heavy atom. The van der Waals surface area contributed by atoms with E-state index in [1.807, 2.05) is 6.08 Å². The molecule has 7 atom stereocenters. The first-order valence-corrected chi connectivity index (χ1v) is 15.6. The lowest BCUT2D eigenvalue weighted by Gasteiger charge is -2.40. The van der Waals surface area contributed by atoms with Crippen molar-refractivity contribution in [3.63, 3.8) is 0 Å². The van der Waals surface area contributed by atoms with Gasteiger partial charge in [-0.15, -0.1) is 0 Å². The number of rotatable bonds is 23. The number of aliphatic hydroxyl groups excluding tert-OH is 5. The molecule has 7 unspecified atom stereocenters. The van der Waals surface area contributed by atoms with E-state index in [0.717, 1.165) is 38.5 Å². The highest BCUT2D eigenvalue weighted by atomic mass is 16.7. The molecule has 0 spiro atoms. The first kappa shape index (κ1) is 36.7. The van der Waals surface area contributed by atoms with E-state index in [2.05, 4.69) is 31.3 Å². The largest absolute Gasteiger partial charge is 0.394 e. The van der Waals surface area contributed by atoms with Gasteiger partial charge in [-0.05, 0) is 32.1 Å². The van der Waals surface area contributed by atoms with E-state index < -0.39 is 49.5 Å². The van der Waals surface area contributed by atoms with Crippen LogP contribution in [-0.2, 0) is 14.3 Å². The minimum absolute atomic E-state index is 0.200. The number of amides is 1. The summed E-state index contributed by atoms with van der Waals surface area (Å²) in [6.45, 7) is 3.61. The Morgan fingerprint density at radius 2 is 1.43 bits per heavy atom. The maximum Gasteiger partial charge on any atom is 0.220 e. The molecule has 9 heteroatoms. The van der Waals surface area contributed by atoms with Crippen molar-refractivity contribution in [2.75, 3.05) is 13.2 Å². The standard InChI is InChI=1S/C31H57NO8/c1-3-5-7-9-11-12-13-15-16-18-20-25(34)24(32-27(35)21-19-17-14-10-8-6-4-2)23-39-31-30(38)29(37)28(36)26(22-33)40-31/h12-13,18,20,24-26,28-31,33-34,36-38H,3-11,14-17,19,21-23H2,1-2H3,(H,32,35)/b13-12+,20-18+. The highest BCUT2D eigenvalue weighted by Crippen LogP contribution is 2.22. The van der Waals surface area contributed by atoms with Gasteiger partial charge in [0.25, 0.3) is 0 Å². The van der Waals surface area contributed by atoms with Crippen molar-refractivity contribution in [2.45, 2.75) is 153 Å². The monoisotopic (exact) mass is 571 g/mol. The Morgan fingerprint density at radius 1 is 0.825 bits per heavy atom. The molecule has 1 rings (SSSR count). The summed E-state index contributed by atoms with van der Waals surface area (Å²) in [5, 5.41) is 53.4. The van der Waals surface area contributed by atoms with Crippen LogP contribution < -0.4 is 5.32 Å². The zero-order chi connectivity index (χ0) is 29.6. The molecule has 1 fully saturated rings. The smallest absolute Gasteiger partial charge is 0.220 e. The third-order valence-electron chi connectivity index (χ3n) is 7.28. The topological polar surface area (TPSA) is 149 Å². The average Bonchev–Trinajstić information content (AvgIpc) is 2.95. The number of ether oxygens (including phenoxy) is 2. The van der Waals surface area contributed by atoms with Gasteiger partial charge in [-0.2, -0.15) is 0 Å². The Balaban J connectivity index is 2.62. The van der Waals surface area contributed by atoms with Gasteiger partial charge in [0, 0.05) is 6.42 Å². The van der Waals surface area contributed by atoms with Gasteiger partial charge in [0.05, 0.1) is 25.4 Å². The second kappa shape index (κ2) is 23.3. The molecule has 0 saturated carbocycles. The molecule has 40 heavy (non-hydrogen) atoms. The van der Waals surface area contributed by atoms with Crippen LogP contribution in [0, 0.1) is 0 Å². The number of carbonyl (C=O) groups excluding carboxylic acids is 1. The predicted octanol–water partition coefficient (Wildman–Crippen LogP) is 3.65. The summed E-state index contributed by atoms with van der Waals surface area (Å²) >= 11 is 0. The fourth-order valence-electron chi connectivity index (χ4n) is 4.64. The Bertz CT molecular complexity index is 686. The van der Waals surface area contributed by atoms with Gasteiger partial charge in [0.1, 0.15) is 24.4 Å². The molecule has 1 saturated heterocycles. The summed E-state index contributed by atoms with van der Waals surface area (Å²) in [5.74, 6) is -0.200. The normalized spacial score (nSPS) is 25.0. The van der Waals surface area contributed by atoms with E-state index in [4.69, 9.17) is 9.47 Å². The van der Waals surface area contributed by atoms with Crippen LogP contribution in [-0.4, -0.2) is 87.5 Å². The van der Waals surface area contributed by atoms with Crippen LogP contribution in [0.1, 0.15) is 110 Å². The number of allylic oxidation sites excluding steroid dienone is 3. The number of aliphatic hydroxyl groups is 5. The maximum atomic E-state index is 12.6. The molecule has 0 radical (unpaired) electrons. The van der Waals surface area contributed by atoms with E-state index in [-0.39, 0.29) is 12.5 Å². The van der Waals surface area contributed by atoms with E-state index >= 15 is 0 Å². The van der Waals surface area contributed by atoms with Crippen molar-refractivity contribution < 1.29 is 39.8 Å². The number of hydrogen-bond donors (Lipinski definition) is 6. The quantitative estimate of drug-likeness (QED) is 0.0804. The summed E-state index contributed by atoms with van der Waals surface area (Å²) in [6, 6.07) is -0.810. The Labute approximate surface area is 241 Å². The Kier molecular flexibility index (Phi) is 21.3. The summed E-state index contributed by atoms with van der Waals surface area (Å²) in [7, 11) is 0. The molecule has 1 aliphatic rings. The summed E-state index contributed by atoms with van der Waals surface area (Å²) < 4.78 is 11.0. The number of carbonyl (C=O) groups is 1. The van der Waals surface area contributed by atoms with Crippen molar-refractivity contribution in [2.24, 2.45) is 0 Å². The minimum atomic E-state index is -1.56. The van der Waals surface area contributed by atoms with Crippen LogP contribution in [0.15, 0.2) is 24.3 Å². The second-order valence-corrected chi connectivity index (χ2v) is 10.9. The lowest BCUT2D eigenvalue weighted by atomic mass is 9.99. The third-order valence-corrected chi connectivity index (χ3v) is 7.28. The number of hydrogen-bond acceptors (Lipinski definition) is 8. The van der Waals surface area contributed by atoms with E-state index in [1.165, 1.54) is 51.4 Å². The van der Waals surface area contributed by atoms with Crippen molar-refractivity contribution in [1.82, 2.24) is 5.32 Å². The molecule has 9 nitrogen and oxygen atoms in total. The summed E-state index contributed by atoms with van der Waals surface area (Å²) in [4.78, 5) is 12.6. The van der Waals surface area contributed by atoms with Gasteiger partial charge >= 0.3 is 0 Å². The van der Waals surface area contributed by atoms with E-state index in [9.17, 15) is 30.3 Å². The van der Waals surface area contributed by atoms with Crippen LogP contribution in [0.25, 0.3) is 0 Å². The molecular weight excluding hydrogens is 514 g/mol. The number of unbranched alkanes of at least 4 members (excludes halogenated alkanes) is 11. The zero-order valence-corrected chi connectivity index (χ0v) is 24.8. The van der Waals surface area contributed by atoms with Crippen LogP contribution >= 0.6 is 0 Å². The lowest BCUT2D eigenvalue weighted by Crippen LogP contribution is -2.60. The highest BCUT2D eigenvalue weighted by molar-refractivity contribution is 5.76. The fourth-order valence-corrected chi connectivity index (χ4v) is 4.64. The molecule has 0 bridgehead atoms. The van der Waals surface area contributed by atoms with Gasteiger partial charge < -0.3 is 40.3 Å². The minimum Gasteiger partial charge on any atom is -0.394 e. The average molecular weight is 572 g/mol. The predicted molar refractivity (Wildman–Crippen MR) is 157 cm³/mol. The third kappa shape index (κ3) is 15.6. The molecule has 1 heterocycles. The molecule has 0 aromatic carbocycles. The SMILES string of the molecule is CCCCCC/C=C/CC/C=C/C(O)C(COC1OC(CO)C(O)C(O)C1O)NC(=O)CCCCCCCCC. The van der Waals surface area contributed by atoms with Crippen molar-refractivity contribution in [3.05, 3.63) is 24.3 Å². The molecular formula is C31H57NO8. The van der Waals surface area contributed by atoms with E-state index in [0.29, 0.717) is 6.42 Å². The van der Waals surface area contributed by atoms with Gasteiger partial charge in [0.2, 0.25) is 5.91 Å². The van der Waals surface area contributed by atoms with Crippen LogP contribution in [0.4, 0.5) is 0 Å². The zero-order valence-electron chi connectivity index (χ0n) is 24.8. The number of nitrogens with one attached hydrogen (secondary N) is 1. The fraction of sp³-hybridized carbons (Fsp3) is 0.839. The van der Waals surface area contributed by atoms with Crippen LogP contribution in [0.2, 0.25) is 0 Å². The molecule has 0 aliphatic carbocycles. The lowest BCUT2D eigenvalue weighted by molar-refractivity contribution is -0.302. The van der Waals surface area contributed by atoms with E-state index in [1.54, 1.807) is 6.08 Å². The summed E-state index contributed by atoms with van der Waals surface area (Å²) in [6.07, 6.45) is 15.4. The molecule has 1 amide bonds. The van der Waals surface area contributed by atoms with Gasteiger partial charge in [0.15, 0.2) is 6.29 Å². The van der Waals surface area contributed by atoms with Crippen molar-refractivity contribution in [1.29, 1.82) is 0 Å². The Hall–Kier alpha value is -1.33. The molecule has 1 aliphatic heterocycles. The second-order valence-electron chi connectivity index (χ2n) is 10.9. The highest BCUT2D eigenvalue weighted by Gasteiger charge is 2.44. The van der Waals surface area contributed by atoms with Crippen molar-refractivity contribution in [3.8, 4) is 0 Å². The first-order valence-electron chi connectivity index (χ1n) is 15.6. The first-order chi connectivity index (χ1) is 19.3. The van der Waals surface area contributed by atoms with Crippen LogP contribution in [0.3, 0.4) is 0 Å². The van der Waals surface area contributed by atoms with Crippen molar-refractivity contribution >= 4 is 5.91 Å². The molecule has 6 N–H and O–H groups in total. The maximum absolute atomic E-state index is 12.6. The summed E-state index contributed by atoms with van der Waals surface area (Å²) in [5.41, 5.74) is 0. The molecule has 0 aromatic heterocycles. The van der Waals surface area contributed by atoms with Gasteiger partial charge in [-0.3, -0.25) is 4.79 Å².